The smallest absolute Gasteiger partial charge is 0.209 e. The van der Waals surface area contributed by atoms with Gasteiger partial charge in [0.05, 0.1) is 26.1 Å². The van der Waals surface area contributed by atoms with Crippen LogP contribution in [0.2, 0.25) is 0 Å². The fraction of sp³-hybridized carbons (Fsp3) is 0.696. The van der Waals surface area contributed by atoms with Crippen molar-refractivity contribution in [3.63, 3.8) is 0 Å². The number of nitrogens with zero attached hydrogens (tertiary/aromatic N) is 4. The number of imidazole rings is 1. The molecule has 3 heterocycles. The average Bonchev–Trinajstić information content (AvgIpc) is 3.41. The Hall–Kier alpha value is -2.21. The molecule has 2 aromatic heterocycles. The number of fused-ring (bicyclic) bond motifs is 1. The van der Waals surface area contributed by atoms with Crippen molar-refractivity contribution in [3.05, 3.63) is 12.2 Å². The molecule has 4 rings (SSSR count). The first-order valence-electron chi connectivity index (χ1n) is 11.5. The van der Waals surface area contributed by atoms with E-state index in [1.807, 2.05) is 4.57 Å². The molecule has 1 saturated carbocycles. The molecule has 2 fully saturated rings. The molecular weight excluding hydrogens is 394 g/mol. The summed E-state index contributed by atoms with van der Waals surface area (Å²) in [7, 11) is 0. The van der Waals surface area contributed by atoms with E-state index in [0.29, 0.717) is 61.3 Å². The van der Waals surface area contributed by atoms with Gasteiger partial charge in [-0.1, -0.05) is 33.1 Å². The summed E-state index contributed by atoms with van der Waals surface area (Å²) in [5, 5.41) is 14.4. The molecule has 2 N–H and O–H groups in total. The van der Waals surface area contributed by atoms with Crippen LogP contribution in [0.4, 0.5) is 5.82 Å². The molecule has 0 bridgehead atoms. The molecule has 1 aliphatic carbocycles. The normalized spacial score (nSPS) is 24.5. The van der Waals surface area contributed by atoms with Crippen LogP contribution in [-0.2, 0) is 16.0 Å². The van der Waals surface area contributed by atoms with Crippen LogP contribution >= 0.6 is 0 Å². The molecule has 0 radical (unpaired) electrons. The van der Waals surface area contributed by atoms with Crippen molar-refractivity contribution in [2.45, 2.75) is 83.8 Å². The predicted molar refractivity (Wildman–Crippen MR) is 118 cm³/mol. The van der Waals surface area contributed by atoms with Gasteiger partial charge >= 0.3 is 0 Å². The molecule has 0 spiro atoms. The van der Waals surface area contributed by atoms with E-state index < -0.39 is 5.60 Å². The zero-order chi connectivity index (χ0) is 21.8. The van der Waals surface area contributed by atoms with Gasteiger partial charge < -0.3 is 24.5 Å². The van der Waals surface area contributed by atoms with Crippen molar-refractivity contribution in [3.8, 4) is 11.8 Å². The van der Waals surface area contributed by atoms with Gasteiger partial charge in [0, 0.05) is 6.04 Å². The molecule has 168 valence electrons. The Morgan fingerprint density at radius 3 is 2.77 bits per heavy atom. The highest BCUT2D eigenvalue weighted by atomic mass is 16.7. The van der Waals surface area contributed by atoms with Crippen LogP contribution in [0.25, 0.3) is 11.2 Å². The minimum absolute atomic E-state index is 0.286. The predicted octanol–water partition coefficient (Wildman–Crippen LogP) is 3.09. The van der Waals surface area contributed by atoms with Gasteiger partial charge in [0.1, 0.15) is 5.60 Å². The third-order valence-electron chi connectivity index (χ3n) is 6.21. The average molecular weight is 428 g/mol. The van der Waals surface area contributed by atoms with Crippen molar-refractivity contribution in [2.75, 3.05) is 18.5 Å². The van der Waals surface area contributed by atoms with E-state index in [-0.39, 0.29) is 12.3 Å². The van der Waals surface area contributed by atoms with Gasteiger partial charge in [-0.2, -0.15) is 0 Å². The van der Waals surface area contributed by atoms with Gasteiger partial charge in [-0.05, 0) is 43.9 Å². The Kier molecular flexibility index (Phi) is 6.75. The zero-order valence-corrected chi connectivity index (χ0v) is 18.7. The second-order valence-corrected chi connectivity index (χ2v) is 8.78. The largest absolute Gasteiger partial charge is 0.378 e. The summed E-state index contributed by atoms with van der Waals surface area (Å²) in [5.74, 6) is 7.68. The molecule has 8 nitrogen and oxygen atoms in total. The van der Waals surface area contributed by atoms with E-state index in [1.54, 1.807) is 6.33 Å². The van der Waals surface area contributed by atoms with Crippen LogP contribution in [0.15, 0.2) is 6.33 Å². The second-order valence-electron chi connectivity index (χ2n) is 8.78. The van der Waals surface area contributed by atoms with E-state index in [1.165, 1.54) is 0 Å². The molecule has 0 aromatic carbocycles. The number of rotatable bonds is 6. The quantitative estimate of drug-likeness (QED) is 0.684. The van der Waals surface area contributed by atoms with E-state index >= 15 is 0 Å². The molecule has 8 heteroatoms. The van der Waals surface area contributed by atoms with Crippen LogP contribution in [0.3, 0.4) is 0 Å². The third-order valence-corrected chi connectivity index (χ3v) is 6.21. The molecular formula is C23H33N5O3. The molecule has 2 aliphatic rings. The Morgan fingerprint density at radius 2 is 2.06 bits per heavy atom. The summed E-state index contributed by atoms with van der Waals surface area (Å²) in [6.07, 6.45) is 6.91. The number of aromatic nitrogens is 4. The number of aliphatic hydroxyl groups is 1. The second kappa shape index (κ2) is 9.51. The Morgan fingerprint density at radius 1 is 1.29 bits per heavy atom. The van der Waals surface area contributed by atoms with Crippen molar-refractivity contribution in [1.29, 1.82) is 0 Å². The van der Waals surface area contributed by atoms with Crippen molar-refractivity contribution >= 4 is 17.0 Å². The summed E-state index contributed by atoms with van der Waals surface area (Å²) >= 11 is 0. The Labute approximate surface area is 183 Å². The van der Waals surface area contributed by atoms with Crippen LogP contribution in [0, 0.1) is 17.8 Å². The molecule has 31 heavy (non-hydrogen) atoms. The SMILES string of the molecule is CCC(CC)Nc1nc(C#C[C@]2(O)CCC[C@@H](C)C2)nc2c1ncn2CC1OCCO1. The highest BCUT2D eigenvalue weighted by Gasteiger charge is 2.30. The van der Waals surface area contributed by atoms with Gasteiger partial charge in [0.15, 0.2) is 23.3 Å². The number of hydrogen-bond acceptors (Lipinski definition) is 7. The Balaban J connectivity index is 1.69. The first-order chi connectivity index (χ1) is 15.0. The maximum Gasteiger partial charge on any atom is 0.209 e. The molecule has 0 amide bonds. The highest BCUT2D eigenvalue weighted by molar-refractivity contribution is 5.83. The fourth-order valence-corrected chi connectivity index (χ4v) is 4.40. The van der Waals surface area contributed by atoms with E-state index in [9.17, 15) is 5.11 Å². The number of ether oxygens (including phenoxy) is 2. The van der Waals surface area contributed by atoms with Crippen LogP contribution < -0.4 is 5.32 Å². The third kappa shape index (κ3) is 5.17. The lowest BCUT2D eigenvalue weighted by Crippen LogP contribution is -2.32. The lowest BCUT2D eigenvalue weighted by molar-refractivity contribution is -0.0518. The Bertz CT molecular complexity index is 955. The zero-order valence-electron chi connectivity index (χ0n) is 18.7. The van der Waals surface area contributed by atoms with Crippen molar-refractivity contribution in [1.82, 2.24) is 19.5 Å². The lowest BCUT2D eigenvalue weighted by atomic mass is 9.79. The summed E-state index contributed by atoms with van der Waals surface area (Å²) in [6.45, 7) is 8.16. The van der Waals surface area contributed by atoms with Crippen molar-refractivity contribution in [2.24, 2.45) is 5.92 Å². The standard InChI is InChI=1S/C23H33N5O3/c1-4-17(5-2)25-21-20-22(28(15-24-20)14-19-30-11-12-31-19)27-18(26-21)8-10-23(29)9-6-7-16(3)13-23/h15-17,19,29H,4-7,9,11-14H2,1-3H3,(H,25,26,27)/t16-,23-/m1/s1. The topological polar surface area (TPSA) is 94.3 Å². The van der Waals surface area contributed by atoms with Crippen LogP contribution in [-0.4, -0.2) is 55.8 Å². The minimum Gasteiger partial charge on any atom is -0.378 e. The summed E-state index contributed by atoms with van der Waals surface area (Å²) in [5.41, 5.74) is 0.432. The summed E-state index contributed by atoms with van der Waals surface area (Å²) in [4.78, 5) is 13.9. The van der Waals surface area contributed by atoms with E-state index in [4.69, 9.17) is 9.47 Å². The summed E-state index contributed by atoms with van der Waals surface area (Å²) in [6, 6.07) is 0.286. The van der Waals surface area contributed by atoms with Crippen LogP contribution in [0.5, 0.6) is 0 Å². The molecule has 2 aromatic rings. The molecule has 1 saturated heterocycles. The molecule has 0 unspecified atom stereocenters. The monoisotopic (exact) mass is 427 g/mol. The van der Waals surface area contributed by atoms with Gasteiger partial charge in [0.25, 0.3) is 0 Å². The molecule has 1 aliphatic heterocycles. The van der Waals surface area contributed by atoms with Gasteiger partial charge in [-0.25, -0.2) is 15.0 Å². The van der Waals surface area contributed by atoms with Gasteiger partial charge in [-0.15, -0.1) is 0 Å². The number of anilines is 1. The minimum atomic E-state index is -0.968. The van der Waals surface area contributed by atoms with E-state index in [0.717, 1.165) is 25.7 Å². The fourth-order valence-electron chi connectivity index (χ4n) is 4.40. The van der Waals surface area contributed by atoms with Gasteiger partial charge in [-0.3, -0.25) is 0 Å². The number of nitrogens with one attached hydrogen (secondary N) is 1. The maximum atomic E-state index is 10.9. The van der Waals surface area contributed by atoms with Gasteiger partial charge in [0.2, 0.25) is 5.82 Å². The first-order valence-corrected chi connectivity index (χ1v) is 11.5. The molecule has 2 atom stereocenters. The van der Waals surface area contributed by atoms with E-state index in [2.05, 4.69) is 52.9 Å². The van der Waals surface area contributed by atoms with Crippen molar-refractivity contribution < 1.29 is 14.6 Å². The summed E-state index contributed by atoms with van der Waals surface area (Å²) < 4.78 is 13.1. The highest BCUT2D eigenvalue weighted by Crippen LogP contribution is 2.31. The lowest BCUT2D eigenvalue weighted by Gasteiger charge is -2.30. The number of hydrogen-bond donors (Lipinski definition) is 2. The maximum absolute atomic E-state index is 10.9. The first kappa shape index (κ1) is 22.0. The van der Waals surface area contributed by atoms with Crippen LogP contribution in [0.1, 0.15) is 65.1 Å².